The van der Waals surface area contributed by atoms with Crippen LogP contribution in [0.25, 0.3) is 0 Å². The van der Waals surface area contributed by atoms with Gasteiger partial charge in [-0.15, -0.1) is 0 Å². The molecule has 0 atom stereocenters. The van der Waals surface area contributed by atoms with Gasteiger partial charge >= 0.3 is 18.3 Å². The summed E-state index contributed by atoms with van der Waals surface area (Å²) in [6.07, 6.45) is -2.10. The minimum Gasteiger partial charge on any atom is -0.478 e. The van der Waals surface area contributed by atoms with E-state index in [1.54, 1.807) is 13.8 Å². The lowest BCUT2D eigenvalue weighted by atomic mass is 9.96. The Kier molecular flexibility index (Phi) is 9.24. The molecule has 0 bridgehead atoms. The number of carboxylic acid groups (broad SMARTS) is 3. The topological polar surface area (TPSA) is 130 Å². The molecule has 0 aromatic carbocycles. The third kappa shape index (κ3) is 9.62. The Balaban J connectivity index is 0. The average Bonchev–Trinajstić information content (AvgIpc) is 2.25. The highest BCUT2D eigenvalue weighted by Gasteiger charge is 2.46. The maximum atomic E-state index is 10.4. The summed E-state index contributed by atoms with van der Waals surface area (Å²) >= 11 is 5.99. The van der Waals surface area contributed by atoms with Crippen LogP contribution in [0.2, 0.25) is 0 Å². The van der Waals surface area contributed by atoms with Crippen LogP contribution < -0.4 is 0 Å². The van der Waals surface area contributed by atoms with Crippen LogP contribution in [0.5, 0.6) is 0 Å². The molecule has 8 nitrogen and oxygen atoms in total. The van der Waals surface area contributed by atoms with E-state index in [4.69, 9.17) is 15.3 Å². The van der Waals surface area contributed by atoms with E-state index in [2.05, 4.69) is 47.9 Å². The van der Waals surface area contributed by atoms with E-state index < -0.39 is 27.1 Å². The number of carboxylic acids is 1. The van der Waals surface area contributed by atoms with Gasteiger partial charge in [0.15, 0.2) is 0 Å². The Labute approximate surface area is 131 Å². The zero-order valence-electron chi connectivity index (χ0n) is 10.6. The van der Waals surface area contributed by atoms with Crippen LogP contribution in [0.1, 0.15) is 13.8 Å². The second kappa shape index (κ2) is 8.80. The summed E-state index contributed by atoms with van der Waals surface area (Å²) in [4.78, 5) is 29.8. The number of ether oxygens (including phenoxy) is 2. The van der Waals surface area contributed by atoms with Gasteiger partial charge in [0.1, 0.15) is 6.61 Å². The van der Waals surface area contributed by atoms with Crippen LogP contribution in [0, 0.1) is 5.41 Å². The monoisotopic (exact) mass is 420 g/mol. The van der Waals surface area contributed by atoms with Crippen LogP contribution in [0.15, 0.2) is 12.7 Å². The number of hydrogen-bond donors (Lipinski definition) is 3. The van der Waals surface area contributed by atoms with E-state index in [0.29, 0.717) is 0 Å². The molecule has 0 saturated carbocycles. The molecule has 0 aromatic heterocycles. The summed E-state index contributed by atoms with van der Waals surface area (Å²) in [5.41, 5.74) is -0.913. The second-order valence-corrected chi connectivity index (χ2v) is 7.16. The smallest absolute Gasteiger partial charge is 0.478 e. The molecule has 3 N–H and O–H groups in total. The van der Waals surface area contributed by atoms with Gasteiger partial charge in [-0.05, 0) is 31.9 Å². The number of rotatable bonds is 5. The maximum absolute atomic E-state index is 10.4. The fourth-order valence-corrected chi connectivity index (χ4v) is 1.08. The highest BCUT2D eigenvalue weighted by molar-refractivity contribution is 9.25. The van der Waals surface area contributed by atoms with Crippen molar-refractivity contribution in [1.29, 1.82) is 0 Å². The lowest BCUT2D eigenvalue weighted by Crippen LogP contribution is -2.41. The zero-order chi connectivity index (χ0) is 16.6. The molecule has 0 aromatic rings. The molecular formula is C10H14Br2O8. The summed E-state index contributed by atoms with van der Waals surface area (Å²) < 4.78 is 7.46. The summed E-state index contributed by atoms with van der Waals surface area (Å²) in [6, 6.07) is 0. The number of aliphatic carboxylic acids is 1. The molecule has 0 heterocycles. The van der Waals surface area contributed by atoms with Crippen LogP contribution in [-0.4, -0.2) is 43.6 Å². The Bertz CT molecular complexity index is 377. The number of hydrogen-bond acceptors (Lipinski definition) is 5. The molecule has 0 aliphatic carbocycles. The number of halogens is 2. The first-order valence-corrected chi connectivity index (χ1v) is 6.45. The molecule has 0 aliphatic rings. The van der Waals surface area contributed by atoms with Gasteiger partial charge in [-0.2, -0.15) is 0 Å². The molecule has 0 unspecified atom stereocenters. The third-order valence-electron chi connectivity index (χ3n) is 1.73. The molecule has 0 amide bonds. The van der Waals surface area contributed by atoms with Crippen LogP contribution in [0.3, 0.4) is 0 Å². The van der Waals surface area contributed by atoms with Crippen LogP contribution >= 0.6 is 31.9 Å². The summed E-state index contributed by atoms with van der Waals surface area (Å²) in [5, 5.41) is 24.4. The summed E-state index contributed by atoms with van der Waals surface area (Å²) in [6.45, 7) is 5.87. The van der Waals surface area contributed by atoms with Gasteiger partial charge in [0.25, 0.3) is 0 Å². The number of alkyl halides is 2. The average molecular weight is 422 g/mol. The number of carbonyl (C=O) groups is 3. The molecular weight excluding hydrogens is 408 g/mol. The third-order valence-corrected chi connectivity index (χ3v) is 4.20. The van der Waals surface area contributed by atoms with E-state index in [0.717, 1.165) is 6.08 Å². The van der Waals surface area contributed by atoms with Crippen molar-refractivity contribution >= 4 is 50.1 Å². The zero-order valence-corrected chi connectivity index (χ0v) is 13.8. The highest BCUT2D eigenvalue weighted by atomic mass is 79.9. The summed E-state index contributed by atoms with van der Waals surface area (Å²) in [5.74, 6) is -0.981. The molecule has 10 heteroatoms. The normalized spacial score (nSPS) is 10.6. The van der Waals surface area contributed by atoms with Crippen molar-refractivity contribution in [3.05, 3.63) is 12.7 Å². The maximum Gasteiger partial charge on any atom is 0.507 e. The Hall–Kier alpha value is -1.29. The Morgan fingerprint density at radius 3 is 1.80 bits per heavy atom. The lowest BCUT2D eigenvalue weighted by molar-refractivity contribution is -0.131. The molecule has 0 aliphatic heterocycles. The van der Waals surface area contributed by atoms with Crippen molar-refractivity contribution in [3.63, 3.8) is 0 Å². The van der Waals surface area contributed by atoms with E-state index in [1.165, 1.54) is 0 Å². The van der Waals surface area contributed by atoms with Crippen molar-refractivity contribution in [2.24, 2.45) is 5.41 Å². The molecule has 0 rings (SSSR count). The quantitative estimate of drug-likeness (QED) is 0.350. The molecule has 20 heavy (non-hydrogen) atoms. The minimum absolute atomic E-state index is 0.230. The van der Waals surface area contributed by atoms with Crippen LogP contribution in [0.4, 0.5) is 9.59 Å². The molecule has 0 radical (unpaired) electrons. The first-order valence-electron chi connectivity index (χ1n) is 4.86. The summed E-state index contributed by atoms with van der Waals surface area (Å²) in [7, 11) is 0. The first-order chi connectivity index (χ1) is 8.85. The molecule has 0 saturated heterocycles. The van der Waals surface area contributed by atoms with Gasteiger partial charge in [-0.25, -0.2) is 14.4 Å². The lowest BCUT2D eigenvalue weighted by Gasteiger charge is -2.35. The van der Waals surface area contributed by atoms with Gasteiger partial charge in [0, 0.05) is 6.08 Å². The first kappa shape index (κ1) is 21.0. The van der Waals surface area contributed by atoms with Crippen molar-refractivity contribution < 1.29 is 39.2 Å². The second-order valence-electron chi connectivity index (χ2n) is 3.87. The van der Waals surface area contributed by atoms with Gasteiger partial charge in [0.05, 0.1) is 5.41 Å². The fourth-order valence-electron chi connectivity index (χ4n) is 0.574. The van der Waals surface area contributed by atoms with Crippen molar-refractivity contribution in [1.82, 2.24) is 0 Å². The molecule has 0 fully saturated rings. The largest absolute Gasteiger partial charge is 0.507 e. The Morgan fingerprint density at radius 1 is 1.15 bits per heavy atom. The van der Waals surface area contributed by atoms with Gasteiger partial charge in [-0.3, -0.25) is 0 Å². The predicted octanol–water partition coefficient (Wildman–Crippen LogP) is 3.10. The van der Waals surface area contributed by atoms with Crippen molar-refractivity contribution in [3.8, 4) is 0 Å². The van der Waals surface area contributed by atoms with Crippen LogP contribution in [-0.2, 0) is 14.3 Å². The fraction of sp³-hybridized carbons (Fsp3) is 0.500. The van der Waals surface area contributed by atoms with E-state index in [9.17, 15) is 14.4 Å². The van der Waals surface area contributed by atoms with E-state index in [1.807, 2.05) is 0 Å². The van der Waals surface area contributed by atoms with E-state index in [-0.39, 0.29) is 6.61 Å². The molecule has 116 valence electrons. The standard InChI is InChI=1S/C7H10Br2O6.C3H4O2/c1-6(2,3-14-4(10)11)7(8,9)15-5(12)13;1-2-3(4)5/h3H2,1-2H3,(H,10,11)(H,12,13);2H,1H2,(H,4,5). The van der Waals surface area contributed by atoms with E-state index >= 15 is 0 Å². The minimum atomic E-state index is -1.49. The predicted molar refractivity (Wildman–Crippen MR) is 75.3 cm³/mol. The highest BCUT2D eigenvalue weighted by Crippen LogP contribution is 2.45. The van der Waals surface area contributed by atoms with Gasteiger partial charge in [0.2, 0.25) is 3.42 Å². The van der Waals surface area contributed by atoms with Gasteiger partial charge < -0.3 is 24.8 Å². The molecule has 0 spiro atoms. The SMILES string of the molecule is C=CC(=O)O.CC(C)(COC(=O)O)C(Br)(Br)OC(=O)O. The Morgan fingerprint density at radius 2 is 1.55 bits per heavy atom. The van der Waals surface area contributed by atoms with Gasteiger partial charge in [-0.1, -0.05) is 20.4 Å². The van der Waals surface area contributed by atoms with Crippen molar-refractivity contribution in [2.45, 2.75) is 17.3 Å². The van der Waals surface area contributed by atoms with Crippen molar-refractivity contribution in [2.75, 3.05) is 6.61 Å².